The van der Waals surface area contributed by atoms with E-state index in [-0.39, 0.29) is 0 Å². The largest absolute Gasteiger partial charge is 0.361 e. The molecule has 0 aliphatic carbocycles. The third-order valence-electron chi connectivity index (χ3n) is 4.18. The lowest BCUT2D eigenvalue weighted by atomic mass is 9.89. The summed E-state index contributed by atoms with van der Waals surface area (Å²) in [6, 6.07) is 6.86. The van der Waals surface area contributed by atoms with E-state index in [0.717, 1.165) is 19.0 Å². The highest BCUT2D eigenvalue weighted by Crippen LogP contribution is 2.32. The van der Waals surface area contributed by atoms with Crippen LogP contribution in [0.15, 0.2) is 24.4 Å². The molecule has 1 saturated heterocycles. The van der Waals surface area contributed by atoms with Crippen LogP contribution in [0.2, 0.25) is 0 Å². The first-order chi connectivity index (χ1) is 9.75. The van der Waals surface area contributed by atoms with Crippen LogP contribution in [0.3, 0.4) is 0 Å². The number of aromatic nitrogens is 1. The summed E-state index contributed by atoms with van der Waals surface area (Å²) in [6.45, 7) is 10.8. The first kappa shape index (κ1) is 15.1. The van der Waals surface area contributed by atoms with Crippen molar-refractivity contribution in [2.24, 2.45) is 0 Å². The molecule has 2 nitrogen and oxygen atoms in total. The average molecular weight is 272 g/mol. The molecule has 20 heavy (non-hydrogen) atoms. The Bertz CT molecular complexity index is 533. The minimum absolute atomic E-state index is 0.602. The highest BCUT2D eigenvalue weighted by Gasteiger charge is 2.18. The van der Waals surface area contributed by atoms with E-state index in [1.54, 1.807) is 0 Å². The van der Waals surface area contributed by atoms with Gasteiger partial charge in [0.15, 0.2) is 0 Å². The van der Waals surface area contributed by atoms with Gasteiger partial charge < -0.3 is 10.3 Å². The number of hydrogen-bond acceptors (Lipinski definition) is 1. The molecule has 0 saturated carbocycles. The number of hydrogen-bond donors (Lipinski definition) is 2. The Kier molecular flexibility index (Phi) is 5.24. The molecule has 3 rings (SSSR count). The predicted molar refractivity (Wildman–Crippen MR) is 88.6 cm³/mol. The third kappa shape index (κ3) is 3.06. The van der Waals surface area contributed by atoms with Crippen LogP contribution in [-0.2, 0) is 0 Å². The fourth-order valence-corrected chi connectivity index (χ4v) is 2.99. The maximum atomic E-state index is 3.44. The molecule has 0 radical (unpaired) electrons. The number of benzene rings is 1. The van der Waals surface area contributed by atoms with Crippen LogP contribution in [0.1, 0.15) is 63.5 Å². The van der Waals surface area contributed by atoms with Gasteiger partial charge in [-0.2, -0.15) is 0 Å². The van der Waals surface area contributed by atoms with Crippen LogP contribution in [-0.4, -0.2) is 18.1 Å². The normalized spacial score (nSPS) is 16.2. The van der Waals surface area contributed by atoms with Crippen molar-refractivity contribution >= 4 is 10.9 Å². The average Bonchev–Trinajstić information content (AvgIpc) is 2.93. The molecule has 1 aliphatic heterocycles. The number of aromatic amines is 1. The van der Waals surface area contributed by atoms with Crippen LogP contribution < -0.4 is 5.32 Å². The highest BCUT2D eigenvalue weighted by molar-refractivity contribution is 5.84. The summed E-state index contributed by atoms with van der Waals surface area (Å²) in [6.07, 6.45) is 4.75. The van der Waals surface area contributed by atoms with Crippen molar-refractivity contribution in [1.29, 1.82) is 0 Å². The molecule has 2 heteroatoms. The number of piperidine rings is 1. The fourth-order valence-electron chi connectivity index (χ4n) is 2.99. The number of fused-ring (bicyclic) bond motifs is 1. The highest BCUT2D eigenvalue weighted by atomic mass is 14.9. The zero-order valence-electron chi connectivity index (χ0n) is 13.3. The molecular formula is C18H28N2. The second kappa shape index (κ2) is 6.94. The number of H-pyrrole nitrogens is 1. The molecule has 0 bridgehead atoms. The molecular weight excluding hydrogens is 244 g/mol. The molecule has 2 N–H and O–H groups in total. The maximum Gasteiger partial charge on any atom is 0.0457 e. The lowest BCUT2D eigenvalue weighted by Crippen LogP contribution is -2.26. The monoisotopic (exact) mass is 272 g/mol. The Morgan fingerprint density at radius 2 is 1.80 bits per heavy atom. The minimum atomic E-state index is 0.602. The minimum Gasteiger partial charge on any atom is -0.361 e. The van der Waals surface area contributed by atoms with Gasteiger partial charge in [-0.3, -0.25) is 0 Å². The van der Waals surface area contributed by atoms with Gasteiger partial charge >= 0.3 is 0 Å². The van der Waals surface area contributed by atoms with E-state index in [0.29, 0.717) is 5.92 Å². The van der Waals surface area contributed by atoms with Gasteiger partial charge in [0.2, 0.25) is 0 Å². The zero-order chi connectivity index (χ0) is 14.5. The quantitative estimate of drug-likeness (QED) is 0.808. The Labute approximate surface area is 123 Å². The zero-order valence-corrected chi connectivity index (χ0v) is 13.3. The van der Waals surface area contributed by atoms with Gasteiger partial charge in [0.05, 0.1) is 0 Å². The van der Waals surface area contributed by atoms with E-state index >= 15 is 0 Å². The molecule has 1 aliphatic rings. The van der Waals surface area contributed by atoms with Gasteiger partial charge in [-0.25, -0.2) is 0 Å². The molecule has 0 spiro atoms. The summed E-state index contributed by atoms with van der Waals surface area (Å²) in [5.41, 5.74) is 4.25. The molecule has 110 valence electrons. The summed E-state index contributed by atoms with van der Waals surface area (Å²) < 4.78 is 0. The van der Waals surface area contributed by atoms with Crippen molar-refractivity contribution in [3.05, 3.63) is 35.5 Å². The van der Waals surface area contributed by atoms with Crippen LogP contribution >= 0.6 is 0 Å². The lowest BCUT2D eigenvalue weighted by Gasteiger charge is -2.22. The van der Waals surface area contributed by atoms with E-state index in [4.69, 9.17) is 0 Å². The molecule has 0 amide bonds. The predicted octanol–water partition coefficient (Wildman–Crippen LogP) is 4.78. The number of rotatable bonds is 2. The van der Waals surface area contributed by atoms with E-state index < -0.39 is 0 Å². The molecule has 0 unspecified atom stereocenters. The SMILES string of the molecule is CC.CC(C)c1ccc2[nH]cc(C3CCNCC3)c2c1. The van der Waals surface area contributed by atoms with Gasteiger partial charge in [-0.1, -0.05) is 33.8 Å². The summed E-state index contributed by atoms with van der Waals surface area (Å²) >= 11 is 0. The topological polar surface area (TPSA) is 27.8 Å². The van der Waals surface area contributed by atoms with Gasteiger partial charge in [0.25, 0.3) is 0 Å². The van der Waals surface area contributed by atoms with Crippen LogP contribution in [0, 0.1) is 0 Å². The van der Waals surface area contributed by atoms with Crippen molar-refractivity contribution in [3.63, 3.8) is 0 Å². The molecule has 2 aromatic rings. The molecule has 1 aromatic carbocycles. The Morgan fingerprint density at radius 3 is 2.45 bits per heavy atom. The standard InChI is InChI=1S/C16H22N2.C2H6/c1-11(2)13-3-4-16-14(9-13)15(10-18-16)12-5-7-17-8-6-12;1-2/h3-4,9-12,17-18H,5-8H2,1-2H3;1-2H3. The smallest absolute Gasteiger partial charge is 0.0457 e. The Hall–Kier alpha value is -1.28. The van der Waals surface area contributed by atoms with Crippen molar-refractivity contribution < 1.29 is 0 Å². The van der Waals surface area contributed by atoms with E-state index in [1.165, 1.54) is 34.9 Å². The van der Waals surface area contributed by atoms with Crippen molar-refractivity contribution in [2.45, 2.75) is 52.4 Å². The third-order valence-corrected chi connectivity index (χ3v) is 4.18. The van der Waals surface area contributed by atoms with Crippen LogP contribution in [0.5, 0.6) is 0 Å². The maximum absolute atomic E-state index is 3.44. The second-order valence-corrected chi connectivity index (χ2v) is 5.73. The summed E-state index contributed by atoms with van der Waals surface area (Å²) in [4.78, 5) is 3.43. The summed E-state index contributed by atoms with van der Waals surface area (Å²) in [5, 5.41) is 4.88. The van der Waals surface area contributed by atoms with Crippen molar-refractivity contribution in [3.8, 4) is 0 Å². The fraction of sp³-hybridized carbons (Fsp3) is 0.556. The second-order valence-electron chi connectivity index (χ2n) is 5.73. The van der Waals surface area contributed by atoms with E-state index in [9.17, 15) is 0 Å². The van der Waals surface area contributed by atoms with Gasteiger partial charge in [0, 0.05) is 17.1 Å². The molecule has 1 fully saturated rings. The molecule has 1 aromatic heterocycles. The first-order valence-electron chi connectivity index (χ1n) is 8.07. The molecule has 2 heterocycles. The van der Waals surface area contributed by atoms with Gasteiger partial charge in [-0.05, 0) is 61.0 Å². The van der Waals surface area contributed by atoms with Gasteiger partial charge in [0.1, 0.15) is 0 Å². The van der Waals surface area contributed by atoms with E-state index in [1.807, 2.05) is 13.8 Å². The summed E-state index contributed by atoms with van der Waals surface area (Å²) in [5.74, 6) is 1.33. The van der Waals surface area contributed by atoms with Crippen molar-refractivity contribution in [1.82, 2.24) is 10.3 Å². The Balaban J connectivity index is 0.000000704. The van der Waals surface area contributed by atoms with Crippen LogP contribution in [0.25, 0.3) is 10.9 Å². The van der Waals surface area contributed by atoms with E-state index in [2.05, 4.69) is 48.5 Å². The molecule has 0 atom stereocenters. The number of nitrogens with one attached hydrogen (secondary N) is 2. The van der Waals surface area contributed by atoms with Gasteiger partial charge in [-0.15, -0.1) is 0 Å². The Morgan fingerprint density at radius 1 is 1.10 bits per heavy atom. The summed E-state index contributed by atoms with van der Waals surface area (Å²) in [7, 11) is 0. The van der Waals surface area contributed by atoms with Crippen molar-refractivity contribution in [2.75, 3.05) is 13.1 Å². The first-order valence-corrected chi connectivity index (χ1v) is 8.07. The lowest BCUT2D eigenvalue weighted by molar-refractivity contribution is 0.462. The van der Waals surface area contributed by atoms with Crippen LogP contribution in [0.4, 0.5) is 0 Å².